The number of nitrogens with one attached hydrogen (secondary N) is 1. The molecule has 0 saturated carbocycles. The van der Waals surface area contributed by atoms with Crippen LogP contribution in [0.2, 0.25) is 0 Å². The van der Waals surface area contributed by atoms with Gasteiger partial charge in [0.2, 0.25) is 5.91 Å². The first-order valence-electron chi connectivity index (χ1n) is 16.2. The summed E-state index contributed by atoms with van der Waals surface area (Å²) >= 11 is 0. The highest BCUT2D eigenvalue weighted by Gasteiger charge is 2.27. The summed E-state index contributed by atoms with van der Waals surface area (Å²) in [6, 6.07) is -0.852. The number of aliphatic hydroxyl groups excluding tert-OH is 1. The first-order chi connectivity index (χ1) is 19.5. The van der Waals surface area contributed by atoms with Crippen LogP contribution in [0.1, 0.15) is 123 Å². The number of phosphoric ester groups is 1. The Morgan fingerprint density at radius 3 is 1.93 bits per heavy atom. The van der Waals surface area contributed by atoms with E-state index in [1.54, 1.807) is 6.08 Å². The third kappa shape index (κ3) is 27.6. The number of carbonyl (C=O) groups is 1. The molecule has 8 nitrogen and oxygen atoms in total. The number of hydrogen-bond acceptors (Lipinski definition) is 5. The van der Waals surface area contributed by atoms with Crippen molar-refractivity contribution in [2.45, 2.75) is 135 Å². The molecule has 242 valence electrons. The van der Waals surface area contributed by atoms with Crippen molar-refractivity contribution in [2.24, 2.45) is 0 Å². The van der Waals surface area contributed by atoms with Gasteiger partial charge in [-0.05, 0) is 32.1 Å². The van der Waals surface area contributed by atoms with Gasteiger partial charge in [-0.2, -0.15) is 0 Å². The molecule has 0 aliphatic heterocycles. The summed E-state index contributed by atoms with van der Waals surface area (Å²) < 4.78 is 23.1. The van der Waals surface area contributed by atoms with Gasteiger partial charge in [0.25, 0.3) is 0 Å². The maximum absolute atomic E-state index is 12.3. The molecule has 0 aromatic heterocycles. The molecule has 3 unspecified atom stereocenters. The Balaban J connectivity index is 4.33. The Kier molecular flexibility index (Phi) is 24.8. The minimum absolute atomic E-state index is 0.0556. The van der Waals surface area contributed by atoms with Crippen LogP contribution in [0.25, 0.3) is 0 Å². The van der Waals surface area contributed by atoms with Crippen molar-refractivity contribution in [2.75, 3.05) is 40.9 Å². The van der Waals surface area contributed by atoms with Crippen LogP contribution in [0.4, 0.5) is 0 Å². The second-order valence-electron chi connectivity index (χ2n) is 12.2. The predicted octanol–water partition coefficient (Wildman–Crippen LogP) is 7.46. The molecule has 9 heteroatoms. The number of quaternary nitrogens is 1. The van der Waals surface area contributed by atoms with E-state index in [9.17, 15) is 19.4 Å². The number of phosphoric acid groups is 1. The van der Waals surface area contributed by atoms with Gasteiger partial charge in [0.05, 0.1) is 39.9 Å². The molecule has 41 heavy (non-hydrogen) atoms. The average Bonchev–Trinajstić information content (AvgIpc) is 2.90. The number of rotatable bonds is 28. The SMILES string of the molecule is CCCCCCCCCCCCC/C=C/CC/C=C/C(O)C(COP(=O)(O)OCC[N+](C)(C)C)NC(=O)CCCC. The molecule has 0 saturated heterocycles. The van der Waals surface area contributed by atoms with E-state index in [0.29, 0.717) is 17.4 Å². The lowest BCUT2D eigenvalue weighted by molar-refractivity contribution is -0.870. The van der Waals surface area contributed by atoms with Gasteiger partial charge in [0.1, 0.15) is 13.2 Å². The molecular formula is C32H64N2O6P+. The standard InChI is InChI=1S/C32H63N2O6P/c1-6-8-10-11-12-13-14-15-16-17-18-19-20-21-22-23-24-25-31(35)30(33-32(36)26-9-7-2)29-40-41(37,38)39-28-27-34(3,4)5/h20-21,24-25,30-31,35H,6-19,22-23,26-29H2,1-5H3,(H-,33,36,37,38)/p+1/b21-20+,25-24+. The fourth-order valence-corrected chi connectivity index (χ4v) is 4.94. The molecule has 0 bridgehead atoms. The van der Waals surface area contributed by atoms with E-state index < -0.39 is 20.0 Å². The maximum atomic E-state index is 12.3. The lowest BCUT2D eigenvalue weighted by Gasteiger charge is -2.25. The fourth-order valence-electron chi connectivity index (χ4n) is 4.21. The van der Waals surface area contributed by atoms with Gasteiger partial charge in [0.15, 0.2) is 0 Å². The van der Waals surface area contributed by atoms with Crippen LogP contribution in [0.15, 0.2) is 24.3 Å². The van der Waals surface area contributed by atoms with Gasteiger partial charge in [-0.15, -0.1) is 0 Å². The Morgan fingerprint density at radius 2 is 1.34 bits per heavy atom. The normalized spacial score (nSPS) is 15.4. The summed E-state index contributed by atoms with van der Waals surface area (Å²) in [4.78, 5) is 22.3. The van der Waals surface area contributed by atoms with Gasteiger partial charge >= 0.3 is 7.82 Å². The van der Waals surface area contributed by atoms with Crippen LogP contribution in [0.3, 0.4) is 0 Å². The Hall–Kier alpha value is -1.02. The van der Waals surface area contributed by atoms with E-state index in [4.69, 9.17) is 9.05 Å². The third-order valence-electron chi connectivity index (χ3n) is 6.92. The highest BCUT2D eigenvalue weighted by atomic mass is 31.2. The van der Waals surface area contributed by atoms with E-state index in [1.165, 1.54) is 70.6 Å². The van der Waals surface area contributed by atoms with Crippen molar-refractivity contribution in [1.29, 1.82) is 0 Å². The minimum atomic E-state index is -4.31. The Bertz CT molecular complexity index is 738. The number of hydrogen-bond donors (Lipinski definition) is 3. The van der Waals surface area contributed by atoms with E-state index >= 15 is 0 Å². The molecule has 3 atom stereocenters. The third-order valence-corrected chi connectivity index (χ3v) is 7.91. The number of aliphatic hydroxyl groups is 1. The zero-order valence-corrected chi connectivity index (χ0v) is 27.9. The summed E-state index contributed by atoms with van der Waals surface area (Å²) in [5.74, 6) is -0.225. The second-order valence-corrected chi connectivity index (χ2v) is 13.6. The van der Waals surface area contributed by atoms with Crippen molar-refractivity contribution in [3.63, 3.8) is 0 Å². The predicted molar refractivity (Wildman–Crippen MR) is 171 cm³/mol. The largest absolute Gasteiger partial charge is 0.472 e. The first-order valence-corrected chi connectivity index (χ1v) is 17.7. The Morgan fingerprint density at radius 1 is 0.805 bits per heavy atom. The molecule has 0 rings (SSSR count). The van der Waals surface area contributed by atoms with E-state index in [1.807, 2.05) is 34.1 Å². The molecule has 0 aliphatic rings. The van der Waals surface area contributed by atoms with Gasteiger partial charge in [0, 0.05) is 6.42 Å². The molecule has 3 N–H and O–H groups in total. The van der Waals surface area contributed by atoms with Gasteiger partial charge in [-0.25, -0.2) is 4.57 Å². The number of carbonyl (C=O) groups excluding carboxylic acids is 1. The molecule has 0 radical (unpaired) electrons. The quantitative estimate of drug-likeness (QED) is 0.0371. The molecule has 0 heterocycles. The van der Waals surface area contributed by atoms with Crippen molar-refractivity contribution in [3.05, 3.63) is 24.3 Å². The van der Waals surface area contributed by atoms with Crippen LogP contribution in [-0.2, 0) is 18.4 Å². The molecule has 0 aromatic rings. The van der Waals surface area contributed by atoms with Crippen molar-refractivity contribution in [1.82, 2.24) is 5.32 Å². The summed E-state index contributed by atoms with van der Waals surface area (Å²) in [5.41, 5.74) is 0. The zero-order valence-electron chi connectivity index (χ0n) is 27.0. The van der Waals surface area contributed by atoms with E-state index in [2.05, 4.69) is 24.4 Å². The average molecular weight is 604 g/mol. The van der Waals surface area contributed by atoms with Crippen molar-refractivity contribution >= 4 is 13.7 Å². The van der Waals surface area contributed by atoms with Crippen LogP contribution < -0.4 is 5.32 Å². The topological polar surface area (TPSA) is 105 Å². The molecule has 1 amide bonds. The maximum Gasteiger partial charge on any atom is 0.472 e. The monoisotopic (exact) mass is 603 g/mol. The number of nitrogens with zero attached hydrogens (tertiary/aromatic N) is 1. The number of unbranched alkanes of at least 4 members (excludes halogenated alkanes) is 13. The molecular weight excluding hydrogens is 539 g/mol. The van der Waals surface area contributed by atoms with E-state index in [0.717, 1.165) is 32.1 Å². The number of likely N-dealkylation sites (N-methyl/N-ethyl adjacent to an activating group) is 1. The van der Waals surface area contributed by atoms with Crippen molar-refractivity contribution < 1.29 is 32.9 Å². The molecule has 0 fully saturated rings. The highest BCUT2D eigenvalue weighted by Crippen LogP contribution is 2.43. The lowest BCUT2D eigenvalue weighted by Crippen LogP contribution is -2.45. The highest BCUT2D eigenvalue weighted by molar-refractivity contribution is 7.47. The molecule has 0 spiro atoms. The number of allylic oxidation sites excluding steroid dienone is 3. The van der Waals surface area contributed by atoms with Crippen LogP contribution in [0, 0.1) is 0 Å². The summed E-state index contributed by atoms with van der Waals surface area (Å²) in [6.07, 6.45) is 26.4. The minimum Gasteiger partial charge on any atom is -0.387 e. The van der Waals surface area contributed by atoms with Crippen LogP contribution >= 0.6 is 7.82 Å². The first kappa shape index (κ1) is 40.0. The van der Waals surface area contributed by atoms with Crippen LogP contribution in [-0.4, -0.2) is 73.4 Å². The summed E-state index contributed by atoms with van der Waals surface area (Å²) in [6.45, 7) is 4.51. The fraction of sp³-hybridized carbons (Fsp3) is 0.844. The van der Waals surface area contributed by atoms with Gasteiger partial charge < -0.3 is 19.8 Å². The number of amides is 1. The van der Waals surface area contributed by atoms with Crippen molar-refractivity contribution in [3.8, 4) is 0 Å². The lowest BCUT2D eigenvalue weighted by atomic mass is 10.1. The molecule has 0 aromatic carbocycles. The Labute approximate surface area is 252 Å². The second kappa shape index (κ2) is 25.5. The smallest absolute Gasteiger partial charge is 0.387 e. The van der Waals surface area contributed by atoms with Gasteiger partial charge in [-0.1, -0.05) is 109 Å². The summed E-state index contributed by atoms with van der Waals surface area (Å²) in [5, 5.41) is 13.4. The zero-order chi connectivity index (χ0) is 30.8. The molecule has 0 aliphatic carbocycles. The summed E-state index contributed by atoms with van der Waals surface area (Å²) in [7, 11) is 1.54. The van der Waals surface area contributed by atoms with E-state index in [-0.39, 0.29) is 19.1 Å². The van der Waals surface area contributed by atoms with Crippen LogP contribution in [0.5, 0.6) is 0 Å². The van der Waals surface area contributed by atoms with Gasteiger partial charge in [-0.3, -0.25) is 13.8 Å².